The molecule has 5 rings (SSSR count). The van der Waals surface area contributed by atoms with Crippen LogP contribution >= 0.6 is 0 Å². The molecule has 0 fully saturated rings. The lowest BCUT2D eigenvalue weighted by molar-refractivity contribution is 0.560. The molecule has 0 radical (unpaired) electrons. The van der Waals surface area contributed by atoms with Crippen LogP contribution in [0.1, 0.15) is 0 Å². The van der Waals surface area contributed by atoms with Gasteiger partial charge in [-0.15, -0.1) is 5.10 Å². The van der Waals surface area contributed by atoms with E-state index in [1.165, 1.54) is 23.7 Å². The number of hydrogen-bond donors (Lipinski definition) is 0. The van der Waals surface area contributed by atoms with Gasteiger partial charge in [-0.1, -0.05) is 18.2 Å². The molecule has 5 aromatic rings. The highest BCUT2D eigenvalue weighted by atomic mass is 19.1. The van der Waals surface area contributed by atoms with E-state index in [2.05, 4.69) is 10.2 Å². The van der Waals surface area contributed by atoms with E-state index >= 15 is 0 Å². The van der Waals surface area contributed by atoms with E-state index in [0.717, 1.165) is 10.1 Å². The first-order chi connectivity index (χ1) is 14.0. The fraction of sp³-hybridized carbons (Fsp3) is 0.0476. The first kappa shape index (κ1) is 17.1. The zero-order valence-corrected chi connectivity index (χ0v) is 15.2. The summed E-state index contributed by atoms with van der Waals surface area (Å²) in [5, 5.41) is 9.41. The highest BCUT2D eigenvalue weighted by Crippen LogP contribution is 2.23. The second kappa shape index (κ2) is 6.23. The number of aryl methyl sites for hydroxylation is 1. The van der Waals surface area contributed by atoms with Crippen molar-refractivity contribution in [3.05, 3.63) is 87.3 Å². The molecule has 0 bridgehead atoms. The molecule has 142 valence electrons. The summed E-state index contributed by atoms with van der Waals surface area (Å²) in [7, 11) is 1.50. The minimum absolute atomic E-state index is 0.176. The molecule has 2 aromatic carbocycles. The van der Waals surface area contributed by atoms with Gasteiger partial charge in [-0.2, -0.15) is 5.10 Å². The molecule has 0 aliphatic rings. The second-order valence-electron chi connectivity index (χ2n) is 6.57. The summed E-state index contributed by atoms with van der Waals surface area (Å²) in [6, 6.07) is 16.1. The average molecular weight is 388 g/mol. The number of para-hydroxylation sites is 1. The zero-order valence-electron chi connectivity index (χ0n) is 15.2. The fourth-order valence-corrected chi connectivity index (χ4v) is 3.24. The summed E-state index contributed by atoms with van der Waals surface area (Å²) in [6.45, 7) is 0. The molecule has 3 aromatic heterocycles. The van der Waals surface area contributed by atoms with Crippen molar-refractivity contribution in [3.8, 4) is 22.6 Å². The second-order valence-corrected chi connectivity index (χ2v) is 6.57. The van der Waals surface area contributed by atoms with Crippen molar-refractivity contribution in [2.75, 3.05) is 0 Å². The van der Waals surface area contributed by atoms with Crippen molar-refractivity contribution in [2.24, 2.45) is 7.05 Å². The van der Waals surface area contributed by atoms with Crippen LogP contribution in [0.25, 0.3) is 39.1 Å². The van der Waals surface area contributed by atoms with E-state index in [-0.39, 0.29) is 28.3 Å². The van der Waals surface area contributed by atoms with E-state index in [9.17, 15) is 14.0 Å². The molecular weight excluding hydrogens is 375 g/mol. The van der Waals surface area contributed by atoms with Gasteiger partial charge in [-0.05, 0) is 42.5 Å². The van der Waals surface area contributed by atoms with E-state index in [1.54, 1.807) is 36.4 Å². The normalized spacial score (nSPS) is 11.4. The summed E-state index contributed by atoms with van der Waals surface area (Å²) in [6.07, 6.45) is 0. The van der Waals surface area contributed by atoms with Crippen LogP contribution in [0.5, 0.6) is 0 Å². The average Bonchev–Trinajstić information content (AvgIpc) is 3.16. The molecule has 0 aliphatic heterocycles. The summed E-state index contributed by atoms with van der Waals surface area (Å²) >= 11 is 0. The molecule has 0 spiro atoms. The Labute approximate surface area is 162 Å². The lowest BCUT2D eigenvalue weighted by Gasteiger charge is -2.06. The lowest BCUT2D eigenvalue weighted by Crippen LogP contribution is -2.24. The molecule has 0 aliphatic carbocycles. The molecule has 0 N–H and O–H groups in total. The Balaban J connectivity index is 1.81. The number of benzene rings is 2. The van der Waals surface area contributed by atoms with Gasteiger partial charge in [0.2, 0.25) is 0 Å². The summed E-state index contributed by atoms with van der Waals surface area (Å²) in [5.74, 6) is -0.195. The maximum Gasteiger partial charge on any atom is 0.347 e. The number of rotatable bonds is 2. The van der Waals surface area contributed by atoms with Gasteiger partial charge in [0.25, 0.3) is 5.56 Å². The van der Waals surface area contributed by atoms with Gasteiger partial charge in [0.15, 0.2) is 5.82 Å². The van der Waals surface area contributed by atoms with Crippen molar-refractivity contribution < 1.29 is 8.81 Å². The third-order valence-corrected chi connectivity index (χ3v) is 4.69. The number of fused-ring (bicyclic) bond motifs is 2. The highest BCUT2D eigenvalue weighted by molar-refractivity contribution is 5.80. The lowest BCUT2D eigenvalue weighted by atomic mass is 10.1. The summed E-state index contributed by atoms with van der Waals surface area (Å²) < 4.78 is 21.1. The summed E-state index contributed by atoms with van der Waals surface area (Å²) in [4.78, 5) is 25.2. The van der Waals surface area contributed by atoms with Crippen molar-refractivity contribution in [3.63, 3.8) is 0 Å². The van der Waals surface area contributed by atoms with Crippen molar-refractivity contribution in [1.29, 1.82) is 0 Å². The van der Waals surface area contributed by atoms with Crippen LogP contribution in [0.15, 0.2) is 74.7 Å². The van der Waals surface area contributed by atoms with Crippen LogP contribution in [-0.4, -0.2) is 19.4 Å². The number of aromatic nitrogens is 4. The van der Waals surface area contributed by atoms with Gasteiger partial charge in [-0.25, -0.2) is 18.4 Å². The maximum atomic E-state index is 13.2. The quantitative estimate of drug-likeness (QED) is 0.434. The Bertz CT molecular complexity index is 1510. The Morgan fingerprint density at radius 3 is 2.52 bits per heavy atom. The van der Waals surface area contributed by atoms with E-state index in [4.69, 9.17) is 4.42 Å². The van der Waals surface area contributed by atoms with Crippen LogP contribution in [-0.2, 0) is 7.05 Å². The Kier molecular flexibility index (Phi) is 3.67. The van der Waals surface area contributed by atoms with Gasteiger partial charge in [0.1, 0.15) is 22.5 Å². The van der Waals surface area contributed by atoms with Gasteiger partial charge in [0, 0.05) is 18.0 Å². The van der Waals surface area contributed by atoms with Gasteiger partial charge in [0.05, 0.1) is 5.69 Å². The SMILES string of the molecule is Cn1nc(-c2cc3ccccc3oc2=O)n2nc(-c3ccc(F)cc3)cc2c1=O. The van der Waals surface area contributed by atoms with Gasteiger partial charge in [-0.3, -0.25) is 4.79 Å². The van der Waals surface area contributed by atoms with Gasteiger partial charge < -0.3 is 4.42 Å². The first-order valence-electron chi connectivity index (χ1n) is 8.77. The topological polar surface area (TPSA) is 82.4 Å². The minimum atomic E-state index is -0.588. The van der Waals surface area contributed by atoms with Crippen LogP contribution in [0, 0.1) is 5.82 Å². The molecule has 0 amide bonds. The smallest absolute Gasteiger partial charge is 0.347 e. The summed E-state index contributed by atoms with van der Waals surface area (Å²) in [5.41, 5.74) is 1.00. The molecule has 8 heteroatoms. The van der Waals surface area contributed by atoms with Crippen LogP contribution in [0.2, 0.25) is 0 Å². The fourth-order valence-electron chi connectivity index (χ4n) is 3.24. The van der Waals surface area contributed by atoms with E-state index < -0.39 is 5.63 Å². The third kappa shape index (κ3) is 2.73. The number of hydrogen-bond acceptors (Lipinski definition) is 5. The predicted octanol–water partition coefficient (Wildman–Crippen LogP) is 3.01. The van der Waals surface area contributed by atoms with Crippen LogP contribution in [0.3, 0.4) is 0 Å². The molecule has 0 atom stereocenters. The molecule has 3 heterocycles. The van der Waals surface area contributed by atoms with Crippen molar-refractivity contribution in [2.45, 2.75) is 0 Å². The monoisotopic (exact) mass is 388 g/mol. The minimum Gasteiger partial charge on any atom is -0.422 e. The Morgan fingerprint density at radius 1 is 0.966 bits per heavy atom. The molecule has 0 saturated heterocycles. The molecule has 29 heavy (non-hydrogen) atoms. The number of nitrogens with zero attached hydrogens (tertiary/aromatic N) is 4. The third-order valence-electron chi connectivity index (χ3n) is 4.69. The standard InChI is InChI=1S/C21H13FN4O3/c1-25-20(27)17-11-16(12-6-8-14(22)9-7-12)23-26(17)19(24-25)15-10-13-4-2-3-5-18(13)29-21(15)28/h2-11H,1H3. The largest absolute Gasteiger partial charge is 0.422 e. The number of halogens is 1. The van der Waals surface area contributed by atoms with Crippen molar-refractivity contribution >= 4 is 16.5 Å². The highest BCUT2D eigenvalue weighted by Gasteiger charge is 2.18. The molecule has 0 unspecified atom stereocenters. The predicted molar refractivity (Wildman–Crippen MR) is 105 cm³/mol. The Hall–Kier alpha value is -4.07. The zero-order chi connectivity index (χ0) is 20.1. The van der Waals surface area contributed by atoms with E-state index in [1.807, 2.05) is 12.1 Å². The molecular formula is C21H13FN4O3. The van der Waals surface area contributed by atoms with Crippen molar-refractivity contribution in [1.82, 2.24) is 19.4 Å². The first-order valence-corrected chi connectivity index (χ1v) is 8.77. The van der Waals surface area contributed by atoms with Gasteiger partial charge >= 0.3 is 5.63 Å². The molecule has 7 nitrogen and oxygen atoms in total. The van der Waals surface area contributed by atoms with Crippen LogP contribution in [0.4, 0.5) is 4.39 Å². The van der Waals surface area contributed by atoms with E-state index in [0.29, 0.717) is 16.8 Å². The Morgan fingerprint density at radius 2 is 1.72 bits per heavy atom. The molecule has 0 saturated carbocycles. The maximum absolute atomic E-state index is 13.2. The van der Waals surface area contributed by atoms with Crippen LogP contribution < -0.4 is 11.2 Å².